The van der Waals surface area contributed by atoms with Gasteiger partial charge in [0.2, 0.25) is 0 Å². The highest BCUT2D eigenvalue weighted by Gasteiger charge is 2.16. The minimum atomic E-state index is -0.525. The maximum atomic E-state index is 9.83. The molecular weight excluding hydrogens is 246 g/mol. The van der Waals surface area contributed by atoms with Gasteiger partial charge in [-0.2, -0.15) is 5.10 Å². The topological polar surface area (TPSA) is 64.1 Å². The third-order valence-electron chi connectivity index (χ3n) is 2.02. The van der Waals surface area contributed by atoms with Crippen LogP contribution in [-0.2, 0) is 6.54 Å². The van der Waals surface area contributed by atoms with E-state index < -0.39 is 6.10 Å². The van der Waals surface area contributed by atoms with Crippen molar-refractivity contribution in [3.63, 3.8) is 0 Å². The smallest absolute Gasteiger partial charge is 0.0980 e. The number of rotatable bonds is 5. The van der Waals surface area contributed by atoms with Gasteiger partial charge in [-0.3, -0.25) is 4.68 Å². The summed E-state index contributed by atoms with van der Waals surface area (Å²) in [5.74, 6) is 0. The molecule has 1 aromatic heterocycles. The minimum absolute atomic E-state index is 0.477. The van der Waals surface area contributed by atoms with E-state index in [0.717, 1.165) is 23.1 Å². The van der Waals surface area contributed by atoms with Crippen LogP contribution in [0, 0.1) is 0 Å². The van der Waals surface area contributed by atoms with Gasteiger partial charge in [-0.25, -0.2) is 0 Å². The highest BCUT2D eigenvalue weighted by atomic mass is 79.9. The highest BCUT2D eigenvalue weighted by Crippen LogP contribution is 2.25. The summed E-state index contributed by atoms with van der Waals surface area (Å²) in [6.07, 6.45) is 2.75. The van der Waals surface area contributed by atoms with Crippen molar-refractivity contribution in [3.05, 3.63) is 16.4 Å². The first-order chi connectivity index (χ1) is 6.70. The normalized spacial score (nSPS) is 13.1. The minimum Gasteiger partial charge on any atom is -0.387 e. The maximum Gasteiger partial charge on any atom is 0.0980 e. The lowest BCUT2D eigenvalue weighted by Crippen LogP contribution is -2.13. The van der Waals surface area contributed by atoms with Crippen LogP contribution in [0.3, 0.4) is 0 Å². The molecule has 5 heteroatoms. The Morgan fingerprint density at radius 3 is 3.00 bits per heavy atom. The lowest BCUT2D eigenvalue weighted by molar-refractivity contribution is 0.158. The molecule has 1 aromatic rings. The van der Waals surface area contributed by atoms with Crippen LogP contribution in [0.2, 0.25) is 0 Å². The van der Waals surface area contributed by atoms with Gasteiger partial charge in [0.1, 0.15) is 0 Å². The summed E-state index contributed by atoms with van der Waals surface area (Å²) in [6.45, 7) is 3.38. The Morgan fingerprint density at radius 1 is 1.71 bits per heavy atom. The Balaban J connectivity index is 2.86. The van der Waals surface area contributed by atoms with E-state index in [2.05, 4.69) is 28.0 Å². The van der Waals surface area contributed by atoms with E-state index in [1.54, 1.807) is 6.20 Å². The summed E-state index contributed by atoms with van der Waals surface area (Å²) >= 11 is 3.37. The summed E-state index contributed by atoms with van der Waals surface area (Å²) < 4.78 is 2.68. The van der Waals surface area contributed by atoms with E-state index in [4.69, 9.17) is 5.73 Å². The van der Waals surface area contributed by atoms with Crippen molar-refractivity contribution >= 4 is 15.9 Å². The molecule has 0 saturated carbocycles. The quantitative estimate of drug-likeness (QED) is 0.843. The average Bonchev–Trinajstić information content (AvgIpc) is 2.48. The third-order valence-corrected chi connectivity index (χ3v) is 2.64. The van der Waals surface area contributed by atoms with Gasteiger partial charge in [-0.15, -0.1) is 0 Å². The van der Waals surface area contributed by atoms with E-state index in [0.29, 0.717) is 13.0 Å². The van der Waals surface area contributed by atoms with Crippen LogP contribution >= 0.6 is 15.9 Å². The van der Waals surface area contributed by atoms with Gasteiger partial charge >= 0.3 is 0 Å². The summed E-state index contributed by atoms with van der Waals surface area (Å²) in [4.78, 5) is 0. The van der Waals surface area contributed by atoms with Gasteiger partial charge in [-0.05, 0) is 35.3 Å². The molecule has 14 heavy (non-hydrogen) atoms. The molecule has 80 valence electrons. The van der Waals surface area contributed by atoms with Crippen LogP contribution in [0.25, 0.3) is 0 Å². The Morgan fingerprint density at radius 2 is 2.43 bits per heavy atom. The fourth-order valence-corrected chi connectivity index (χ4v) is 1.95. The number of aliphatic hydroxyl groups is 1. The zero-order chi connectivity index (χ0) is 10.6. The fraction of sp³-hybridized carbons (Fsp3) is 0.667. The molecule has 0 aliphatic heterocycles. The van der Waals surface area contributed by atoms with Gasteiger partial charge in [0.25, 0.3) is 0 Å². The molecule has 0 aromatic carbocycles. The van der Waals surface area contributed by atoms with Crippen molar-refractivity contribution < 1.29 is 5.11 Å². The largest absolute Gasteiger partial charge is 0.387 e. The van der Waals surface area contributed by atoms with Crippen LogP contribution in [0.15, 0.2) is 10.7 Å². The molecule has 0 bridgehead atoms. The van der Waals surface area contributed by atoms with E-state index >= 15 is 0 Å². The van der Waals surface area contributed by atoms with Gasteiger partial charge in [0.05, 0.1) is 22.5 Å². The Labute approximate surface area is 92.2 Å². The fourth-order valence-electron chi connectivity index (χ4n) is 1.39. The summed E-state index contributed by atoms with van der Waals surface area (Å²) in [6, 6.07) is 0. The van der Waals surface area contributed by atoms with E-state index in [9.17, 15) is 5.11 Å². The number of hydrogen-bond acceptors (Lipinski definition) is 3. The summed E-state index contributed by atoms with van der Waals surface area (Å²) in [7, 11) is 0. The second-order valence-corrected chi connectivity index (χ2v) is 4.05. The van der Waals surface area contributed by atoms with Gasteiger partial charge in [-0.1, -0.05) is 6.92 Å². The number of halogens is 1. The monoisotopic (exact) mass is 261 g/mol. The zero-order valence-corrected chi connectivity index (χ0v) is 9.87. The standard InChI is InChI=1S/C9H16BrN3O/c1-2-5-13-9(7(10)6-12-13)8(14)3-4-11/h6,8,14H,2-5,11H2,1H3. The van der Waals surface area contributed by atoms with Crippen molar-refractivity contribution in [3.8, 4) is 0 Å². The molecule has 1 unspecified atom stereocenters. The third kappa shape index (κ3) is 2.56. The van der Waals surface area contributed by atoms with Crippen LogP contribution in [0.1, 0.15) is 31.6 Å². The lowest BCUT2D eigenvalue weighted by Gasteiger charge is -2.12. The molecule has 0 amide bonds. The number of aliphatic hydroxyl groups excluding tert-OH is 1. The van der Waals surface area contributed by atoms with Gasteiger partial charge in [0, 0.05) is 6.54 Å². The second kappa shape index (κ2) is 5.48. The van der Waals surface area contributed by atoms with Crippen LogP contribution in [-0.4, -0.2) is 21.4 Å². The summed E-state index contributed by atoms with van der Waals surface area (Å²) in [5, 5.41) is 14.0. The zero-order valence-electron chi connectivity index (χ0n) is 8.28. The first kappa shape index (κ1) is 11.7. The number of aromatic nitrogens is 2. The van der Waals surface area contributed by atoms with Gasteiger partial charge < -0.3 is 10.8 Å². The molecule has 0 saturated heterocycles. The van der Waals surface area contributed by atoms with Crippen molar-refractivity contribution in [1.82, 2.24) is 9.78 Å². The molecule has 3 N–H and O–H groups in total. The van der Waals surface area contributed by atoms with Crippen molar-refractivity contribution in [2.45, 2.75) is 32.4 Å². The molecular formula is C9H16BrN3O. The van der Waals surface area contributed by atoms with E-state index in [1.807, 2.05) is 4.68 Å². The average molecular weight is 262 g/mol. The van der Waals surface area contributed by atoms with Crippen molar-refractivity contribution in [2.75, 3.05) is 6.54 Å². The first-order valence-electron chi connectivity index (χ1n) is 4.80. The predicted octanol–water partition coefficient (Wildman–Crippen LogP) is 1.44. The number of aryl methyl sites for hydroxylation is 1. The number of nitrogens with zero attached hydrogens (tertiary/aromatic N) is 2. The van der Waals surface area contributed by atoms with Crippen LogP contribution < -0.4 is 5.73 Å². The van der Waals surface area contributed by atoms with Crippen molar-refractivity contribution in [2.24, 2.45) is 5.73 Å². The molecule has 4 nitrogen and oxygen atoms in total. The molecule has 0 radical (unpaired) electrons. The predicted molar refractivity (Wildman–Crippen MR) is 58.8 cm³/mol. The highest BCUT2D eigenvalue weighted by molar-refractivity contribution is 9.10. The second-order valence-electron chi connectivity index (χ2n) is 3.19. The Hall–Kier alpha value is -0.390. The van der Waals surface area contributed by atoms with Crippen LogP contribution in [0.4, 0.5) is 0 Å². The summed E-state index contributed by atoms with van der Waals surface area (Å²) in [5.41, 5.74) is 6.24. The Bertz CT molecular complexity index is 288. The molecule has 0 aliphatic rings. The van der Waals surface area contributed by atoms with E-state index in [-0.39, 0.29) is 0 Å². The molecule has 0 spiro atoms. The Kier molecular flexibility index (Phi) is 4.57. The maximum absolute atomic E-state index is 9.83. The molecule has 0 aliphatic carbocycles. The molecule has 0 fully saturated rings. The van der Waals surface area contributed by atoms with Crippen LogP contribution in [0.5, 0.6) is 0 Å². The van der Waals surface area contributed by atoms with Gasteiger partial charge in [0.15, 0.2) is 0 Å². The van der Waals surface area contributed by atoms with E-state index in [1.165, 1.54) is 0 Å². The molecule has 1 rings (SSSR count). The number of nitrogens with two attached hydrogens (primary N) is 1. The first-order valence-corrected chi connectivity index (χ1v) is 5.59. The molecule has 1 heterocycles. The SMILES string of the molecule is CCCn1ncc(Br)c1C(O)CCN. The molecule has 1 atom stereocenters. The van der Waals surface area contributed by atoms with Crippen molar-refractivity contribution in [1.29, 1.82) is 0 Å². The number of hydrogen-bond donors (Lipinski definition) is 2. The lowest BCUT2D eigenvalue weighted by atomic mass is 10.2.